The minimum atomic E-state index is 0.711. The lowest BCUT2D eigenvalue weighted by molar-refractivity contribution is 0.394. The van der Waals surface area contributed by atoms with Crippen molar-refractivity contribution in [1.82, 2.24) is 4.98 Å². The molecule has 0 aliphatic heterocycles. The molecule has 0 amide bonds. The summed E-state index contributed by atoms with van der Waals surface area (Å²) in [6, 6.07) is 8.04. The summed E-state index contributed by atoms with van der Waals surface area (Å²) in [5, 5.41) is 1.13. The number of aromatic nitrogens is 1. The average molecular weight is 266 g/mol. The molecule has 0 saturated carbocycles. The number of nitrogens with zero attached hydrogens (tertiary/aromatic N) is 1. The summed E-state index contributed by atoms with van der Waals surface area (Å²) >= 11 is 3.61. The summed E-state index contributed by atoms with van der Waals surface area (Å²) in [6.07, 6.45) is 0.904. The van der Waals surface area contributed by atoms with E-state index in [-0.39, 0.29) is 0 Å². The number of hydrogen-bond acceptors (Lipinski definition) is 2. The van der Waals surface area contributed by atoms with Crippen molar-refractivity contribution in [2.75, 3.05) is 7.11 Å². The van der Waals surface area contributed by atoms with E-state index in [2.05, 4.69) is 33.9 Å². The highest BCUT2D eigenvalue weighted by Crippen LogP contribution is 2.32. The van der Waals surface area contributed by atoms with Gasteiger partial charge in [-0.15, -0.1) is 0 Å². The second kappa shape index (κ2) is 4.19. The number of hydrogen-bond donors (Lipinski definition) is 0. The van der Waals surface area contributed by atoms with Crippen LogP contribution in [-0.2, 0) is 6.42 Å². The molecule has 0 aliphatic carbocycles. The molecule has 2 nitrogen and oxygen atoms in total. The third-order valence-electron chi connectivity index (χ3n) is 2.43. The van der Waals surface area contributed by atoms with Crippen molar-refractivity contribution in [2.24, 2.45) is 0 Å². The number of methoxy groups -OCH3 is 1. The number of benzene rings is 1. The van der Waals surface area contributed by atoms with Gasteiger partial charge in [0.25, 0.3) is 0 Å². The first-order chi connectivity index (χ1) is 7.27. The van der Waals surface area contributed by atoms with Crippen LogP contribution in [0.4, 0.5) is 0 Å². The van der Waals surface area contributed by atoms with Gasteiger partial charge >= 0.3 is 0 Å². The summed E-state index contributed by atoms with van der Waals surface area (Å²) in [7, 11) is 1.66. The Hall–Kier alpha value is -1.09. The smallest absolute Gasteiger partial charge is 0.217 e. The fraction of sp³-hybridized carbons (Fsp3) is 0.250. The Bertz CT molecular complexity index is 496. The van der Waals surface area contributed by atoms with E-state index in [9.17, 15) is 0 Å². The first kappa shape index (κ1) is 10.4. The van der Waals surface area contributed by atoms with E-state index >= 15 is 0 Å². The largest absolute Gasteiger partial charge is 0.481 e. The fourth-order valence-electron chi connectivity index (χ4n) is 1.67. The maximum Gasteiger partial charge on any atom is 0.217 e. The molecule has 1 heterocycles. The SMILES string of the molecule is CCc1c(OC)nc2ccccc2c1Br. The molecule has 0 N–H and O–H groups in total. The van der Waals surface area contributed by atoms with Gasteiger partial charge < -0.3 is 4.74 Å². The van der Waals surface area contributed by atoms with Crippen molar-refractivity contribution in [3.05, 3.63) is 34.3 Å². The maximum atomic E-state index is 5.28. The molecule has 2 aromatic rings. The first-order valence-corrected chi connectivity index (χ1v) is 5.68. The van der Waals surface area contributed by atoms with E-state index < -0.39 is 0 Å². The van der Waals surface area contributed by atoms with Crippen LogP contribution in [0.25, 0.3) is 10.9 Å². The second-order valence-corrected chi connectivity index (χ2v) is 4.08. The summed E-state index contributed by atoms with van der Waals surface area (Å²) in [6.45, 7) is 2.10. The van der Waals surface area contributed by atoms with E-state index in [0.29, 0.717) is 5.88 Å². The number of pyridine rings is 1. The van der Waals surface area contributed by atoms with Crippen LogP contribution in [-0.4, -0.2) is 12.1 Å². The van der Waals surface area contributed by atoms with Crippen LogP contribution in [0.2, 0.25) is 0 Å². The molecule has 3 heteroatoms. The molecular weight excluding hydrogens is 254 g/mol. The van der Waals surface area contributed by atoms with Crippen molar-refractivity contribution in [1.29, 1.82) is 0 Å². The van der Waals surface area contributed by atoms with Crippen molar-refractivity contribution >= 4 is 26.8 Å². The van der Waals surface area contributed by atoms with Crippen LogP contribution in [0.3, 0.4) is 0 Å². The monoisotopic (exact) mass is 265 g/mol. The molecule has 0 unspecified atom stereocenters. The van der Waals surface area contributed by atoms with Crippen molar-refractivity contribution in [3.63, 3.8) is 0 Å². The van der Waals surface area contributed by atoms with Gasteiger partial charge in [-0.2, -0.15) is 0 Å². The molecular formula is C12H12BrNO. The van der Waals surface area contributed by atoms with E-state index in [1.54, 1.807) is 7.11 Å². The molecule has 0 atom stereocenters. The van der Waals surface area contributed by atoms with Gasteiger partial charge in [-0.1, -0.05) is 25.1 Å². The number of fused-ring (bicyclic) bond motifs is 1. The van der Waals surface area contributed by atoms with Gasteiger partial charge in [0.15, 0.2) is 0 Å². The third kappa shape index (κ3) is 1.72. The quantitative estimate of drug-likeness (QED) is 0.829. The number of ether oxygens (including phenoxy) is 1. The molecule has 0 radical (unpaired) electrons. The highest BCUT2D eigenvalue weighted by Gasteiger charge is 2.11. The summed E-state index contributed by atoms with van der Waals surface area (Å²) in [4.78, 5) is 4.47. The van der Waals surface area contributed by atoms with Crippen LogP contribution in [0, 0.1) is 0 Å². The zero-order valence-corrected chi connectivity index (χ0v) is 10.3. The molecule has 0 saturated heterocycles. The van der Waals surface area contributed by atoms with E-state index in [1.807, 2.05) is 18.2 Å². The van der Waals surface area contributed by atoms with Gasteiger partial charge in [-0.3, -0.25) is 0 Å². The Morgan fingerprint density at radius 2 is 2.07 bits per heavy atom. The number of rotatable bonds is 2. The van der Waals surface area contributed by atoms with Gasteiger partial charge in [-0.05, 0) is 28.4 Å². The summed E-state index contributed by atoms with van der Waals surface area (Å²) in [5.74, 6) is 0.711. The Morgan fingerprint density at radius 1 is 1.33 bits per heavy atom. The Morgan fingerprint density at radius 3 is 2.73 bits per heavy atom. The Labute approximate surface area is 97.4 Å². The van der Waals surface area contributed by atoms with Gasteiger partial charge in [0.05, 0.1) is 12.6 Å². The normalized spacial score (nSPS) is 10.6. The summed E-state index contributed by atoms with van der Waals surface area (Å²) in [5.41, 5.74) is 2.08. The maximum absolute atomic E-state index is 5.28. The lowest BCUT2D eigenvalue weighted by atomic mass is 10.1. The van der Waals surface area contributed by atoms with Crippen molar-refractivity contribution < 1.29 is 4.74 Å². The molecule has 78 valence electrons. The van der Waals surface area contributed by atoms with E-state index in [4.69, 9.17) is 4.74 Å². The fourth-order valence-corrected chi connectivity index (χ4v) is 2.45. The first-order valence-electron chi connectivity index (χ1n) is 4.89. The van der Waals surface area contributed by atoms with Crippen LogP contribution >= 0.6 is 15.9 Å². The molecule has 1 aromatic carbocycles. The van der Waals surface area contributed by atoms with Gasteiger partial charge in [0, 0.05) is 15.4 Å². The topological polar surface area (TPSA) is 22.1 Å². The van der Waals surface area contributed by atoms with Gasteiger partial charge in [0.1, 0.15) is 0 Å². The molecule has 0 spiro atoms. The van der Waals surface area contributed by atoms with Crippen LogP contribution in [0.1, 0.15) is 12.5 Å². The van der Waals surface area contributed by atoms with E-state index in [1.165, 1.54) is 0 Å². The van der Waals surface area contributed by atoms with Gasteiger partial charge in [-0.25, -0.2) is 4.98 Å². The average Bonchev–Trinajstić information content (AvgIpc) is 2.29. The molecule has 1 aromatic heterocycles. The predicted octanol–water partition coefficient (Wildman–Crippen LogP) is 3.57. The summed E-state index contributed by atoms with van der Waals surface area (Å²) < 4.78 is 6.37. The zero-order chi connectivity index (χ0) is 10.8. The zero-order valence-electron chi connectivity index (χ0n) is 8.75. The highest BCUT2D eigenvalue weighted by molar-refractivity contribution is 9.10. The lowest BCUT2D eigenvalue weighted by Crippen LogP contribution is -1.96. The minimum absolute atomic E-state index is 0.711. The van der Waals surface area contributed by atoms with Gasteiger partial charge in [0.2, 0.25) is 5.88 Å². The number of para-hydroxylation sites is 1. The lowest BCUT2D eigenvalue weighted by Gasteiger charge is -2.10. The molecule has 2 rings (SSSR count). The van der Waals surface area contributed by atoms with Crippen molar-refractivity contribution in [3.8, 4) is 5.88 Å². The molecule has 0 bridgehead atoms. The molecule has 0 fully saturated rings. The van der Waals surface area contributed by atoms with E-state index in [0.717, 1.165) is 27.4 Å². The Kier molecular flexibility index (Phi) is 2.91. The molecule has 15 heavy (non-hydrogen) atoms. The van der Waals surface area contributed by atoms with Crippen LogP contribution in [0.5, 0.6) is 5.88 Å². The predicted molar refractivity (Wildman–Crippen MR) is 65.4 cm³/mol. The Balaban J connectivity index is 2.81. The second-order valence-electron chi connectivity index (χ2n) is 3.28. The highest BCUT2D eigenvalue weighted by atomic mass is 79.9. The van der Waals surface area contributed by atoms with Crippen LogP contribution < -0.4 is 4.74 Å². The van der Waals surface area contributed by atoms with Crippen LogP contribution in [0.15, 0.2) is 28.7 Å². The third-order valence-corrected chi connectivity index (χ3v) is 3.34. The van der Waals surface area contributed by atoms with Crippen molar-refractivity contribution in [2.45, 2.75) is 13.3 Å². The minimum Gasteiger partial charge on any atom is -0.481 e. The molecule has 0 aliphatic rings. The standard InChI is InChI=1S/C12H12BrNO/c1-3-8-11(13)9-6-4-5-7-10(9)14-12(8)15-2/h4-7H,3H2,1-2H3. The number of halogens is 1.